The lowest BCUT2D eigenvalue weighted by Gasteiger charge is -1.99. The third-order valence-electron chi connectivity index (χ3n) is 1.06. The number of carbonyl (C=O) groups is 1. The van der Waals surface area contributed by atoms with Gasteiger partial charge in [0, 0.05) is 4.88 Å². The highest BCUT2D eigenvalue weighted by molar-refractivity contribution is 7.10. The zero-order chi connectivity index (χ0) is 7.56. The van der Waals surface area contributed by atoms with E-state index in [2.05, 4.69) is 0 Å². The number of rotatable bonds is 2. The van der Waals surface area contributed by atoms with Gasteiger partial charge < -0.3 is 5.11 Å². The quantitative estimate of drug-likeness (QED) is 0.681. The Morgan fingerprint density at radius 2 is 2.50 bits per heavy atom. The van der Waals surface area contributed by atoms with Crippen molar-refractivity contribution in [1.29, 1.82) is 0 Å². The van der Waals surface area contributed by atoms with E-state index in [9.17, 15) is 4.79 Å². The van der Waals surface area contributed by atoms with Crippen molar-refractivity contribution >= 4 is 17.2 Å². The first-order chi connectivity index (χ1) is 4.72. The Morgan fingerprint density at radius 1 is 1.80 bits per heavy atom. The second kappa shape index (κ2) is 2.81. The van der Waals surface area contributed by atoms with Crippen LogP contribution in [0.1, 0.15) is 11.0 Å². The summed E-state index contributed by atoms with van der Waals surface area (Å²) < 4.78 is 0. The fraction of sp³-hybridized carbons (Fsp3) is 0.167. The molecule has 3 nitrogen and oxygen atoms in total. The van der Waals surface area contributed by atoms with E-state index in [1.54, 1.807) is 17.5 Å². The lowest BCUT2D eigenvalue weighted by Crippen LogP contribution is -2.10. The molecular weight excluding hydrogens is 150 g/mol. The van der Waals surface area contributed by atoms with Crippen LogP contribution in [0.25, 0.3) is 0 Å². The van der Waals surface area contributed by atoms with Gasteiger partial charge in [-0.2, -0.15) is 0 Å². The van der Waals surface area contributed by atoms with Gasteiger partial charge in [-0.3, -0.25) is 10.5 Å². The molecule has 0 aliphatic rings. The highest BCUT2D eigenvalue weighted by atomic mass is 32.1. The Morgan fingerprint density at radius 3 is 2.90 bits per heavy atom. The van der Waals surface area contributed by atoms with Crippen LogP contribution in [0.4, 0.5) is 0 Å². The van der Waals surface area contributed by atoms with Crippen LogP contribution in [0.15, 0.2) is 17.5 Å². The molecule has 0 spiro atoms. The van der Waals surface area contributed by atoms with Crippen LogP contribution < -0.4 is 5.73 Å². The van der Waals surface area contributed by atoms with Crippen molar-refractivity contribution in [3.8, 4) is 0 Å². The summed E-state index contributed by atoms with van der Waals surface area (Å²) in [5, 5.41) is 10.7. The van der Waals surface area contributed by atoms with Gasteiger partial charge >= 0.3 is 0 Å². The third-order valence-corrected chi connectivity index (χ3v) is 1.99. The maximum absolute atomic E-state index is 10.3. The standard InChI is InChI=1S/C6H6NO2S/c7-6(9)5(8)4-2-1-3-10-4/h1-3,5,7-8H. The van der Waals surface area contributed by atoms with Crippen LogP contribution in [-0.4, -0.2) is 11.0 Å². The summed E-state index contributed by atoms with van der Waals surface area (Å²) in [4.78, 5) is 10.8. The number of hydrogen-bond acceptors (Lipinski definition) is 3. The Hall–Kier alpha value is -0.870. The van der Waals surface area contributed by atoms with Crippen molar-refractivity contribution in [2.75, 3.05) is 0 Å². The van der Waals surface area contributed by atoms with E-state index in [1.165, 1.54) is 11.3 Å². The zero-order valence-electron chi connectivity index (χ0n) is 5.07. The molecule has 2 N–H and O–H groups in total. The minimum atomic E-state index is -1.25. The van der Waals surface area contributed by atoms with Crippen LogP contribution in [-0.2, 0) is 4.79 Å². The van der Waals surface area contributed by atoms with Crippen molar-refractivity contribution < 1.29 is 9.90 Å². The number of aliphatic hydroxyl groups is 1. The summed E-state index contributed by atoms with van der Waals surface area (Å²) in [6.07, 6.45) is -1.25. The number of amides is 1. The summed E-state index contributed by atoms with van der Waals surface area (Å²) in [6, 6.07) is 3.36. The van der Waals surface area contributed by atoms with E-state index < -0.39 is 12.0 Å². The molecule has 0 bridgehead atoms. The van der Waals surface area contributed by atoms with E-state index in [4.69, 9.17) is 10.8 Å². The average Bonchev–Trinajstić information content (AvgIpc) is 2.36. The van der Waals surface area contributed by atoms with Crippen molar-refractivity contribution in [3.63, 3.8) is 0 Å². The summed E-state index contributed by atoms with van der Waals surface area (Å²) >= 11 is 1.27. The molecule has 0 fully saturated rings. The monoisotopic (exact) mass is 156 g/mol. The Bertz CT molecular complexity index is 220. The van der Waals surface area contributed by atoms with Gasteiger partial charge in [0.1, 0.15) is 0 Å². The van der Waals surface area contributed by atoms with Gasteiger partial charge in [0.25, 0.3) is 5.91 Å². The van der Waals surface area contributed by atoms with Crippen LogP contribution in [0.2, 0.25) is 0 Å². The number of hydrogen-bond donors (Lipinski definition) is 1. The molecule has 1 amide bonds. The summed E-state index contributed by atoms with van der Waals surface area (Å²) in [5.74, 6) is -0.956. The molecule has 1 rings (SSSR count). The second-order valence-electron chi connectivity index (χ2n) is 1.78. The lowest BCUT2D eigenvalue weighted by molar-refractivity contribution is -0.126. The maximum atomic E-state index is 10.3. The number of nitrogens with one attached hydrogen (secondary N) is 1. The molecule has 53 valence electrons. The first-order valence-corrected chi connectivity index (χ1v) is 3.56. The van der Waals surface area contributed by atoms with Crippen molar-refractivity contribution in [1.82, 2.24) is 5.73 Å². The summed E-state index contributed by atoms with van der Waals surface area (Å²) in [5.41, 5.74) is 6.58. The molecule has 0 aromatic carbocycles. The third kappa shape index (κ3) is 1.34. The Labute approximate surface area is 62.1 Å². The summed E-state index contributed by atoms with van der Waals surface area (Å²) in [7, 11) is 0. The van der Waals surface area contributed by atoms with E-state index in [1.807, 2.05) is 0 Å². The summed E-state index contributed by atoms with van der Waals surface area (Å²) in [6.45, 7) is 0. The molecule has 0 aliphatic heterocycles. The van der Waals surface area contributed by atoms with Crippen molar-refractivity contribution in [2.45, 2.75) is 6.10 Å². The molecule has 0 saturated carbocycles. The van der Waals surface area contributed by atoms with Gasteiger partial charge in [-0.15, -0.1) is 11.3 Å². The second-order valence-corrected chi connectivity index (χ2v) is 2.76. The average molecular weight is 156 g/mol. The minimum Gasteiger partial charge on any atom is -0.378 e. The number of aliphatic hydroxyl groups excluding tert-OH is 1. The van der Waals surface area contributed by atoms with Gasteiger partial charge in [0.2, 0.25) is 0 Å². The molecule has 1 atom stereocenters. The molecule has 1 heterocycles. The Balaban J connectivity index is 2.77. The first-order valence-electron chi connectivity index (χ1n) is 2.68. The van der Waals surface area contributed by atoms with Crippen molar-refractivity contribution in [3.05, 3.63) is 22.4 Å². The number of carbonyl (C=O) groups excluding carboxylic acids is 1. The predicted molar refractivity (Wildman–Crippen MR) is 37.4 cm³/mol. The molecule has 0 saturated heterocycles. The van der Waals surface area contributed by atoms with Crippen LogP contribution in [0.3, 0.4) is 0 Å². The minimum absolute atomic E-state index is 0.528. The van der Waals surface area contributed by atoms with Gasteiger partial charge in [-0.1, -0.05) is 6.07 Å². The highest BCUT2D eigenvalue weighted by Gasteiger charge is 2.14. The molecule has 1 aromatic heterocycles. The van der Waals surface area contributed by atoms with Crippen LogP contribution in [0, 0.1) is 0 Å². The molecular formula is C6H6NO2S. The molecule has 1 aromatic rings. The highest BCUT2D eigenvalue weighted by Crippen LogP contribution is 2.17. The molecule has 0 aliphatic carbocycles. The molecule has 1 unspecified atom stereocenters. The molecule has 1 radical (unpaired) electrons. The van der Waals surface area contributed by atoms with E-state index in [0.717, 1.165) is 0 Å². The topological polar surface area (TPSA) is 61.1 Å². The fourth-order valence-electron chi connectivity index (χ4n) is 0.576. The van der Waals surface area contributed by atoms with E-state index in [0.29, 0.717) is 4.88 Å². The number of thiophene rings is 1. The van der Waals surface area contributed by atoms with E-state index in [-0.39, 0.29) is 0 Å². The predicted octanol–water partition coefficient (Wildman–Crippen LogP) is 0.591. The molecule has 4 heteroatoms. The SMILES string of the molecule is [NH]C(=O)C(O)c1cccs1. The van der Waals surface area contributed by atoms with Gasteiger partial charge in [0.05, 0.1) is 0 Å². The largest absolute Gasteiger partial charge is 0.378 e. The van der Waals surface area contributed by atoms with Crippen molar-refractivity contribution in [2.24, 2.45) is 0 Å². The van der Waals surface area contributed by atoms with E-state index >= 15 is 0 Å². The van der Waals surface area contributed by atoms with Crippen LogP contribution in [0.5, 0.6) is 0 Å². The molecule has 10 heavy (non-hydrogen) atoms. The normalized spacial score (nSPS) is 12.9. The first kappa shape index (κ1) is 7.24. The smallest absolute Gasteiger partial charge is 0.272 e. The fourth-order valence-corrected chi connectivity index (χ4v) is 1.28. The van der Waals surface area contributed by atoms with Gasteiger partial charge in [-0.05, 0) is 11.4 Å². The lowest BCUT2D eigenvalue weighted by atomic mass is 10.3. The Kier molecular flexibility index (Phi) is 2.03. The van der Waals surface area contributed by atoms with Gasteiger partial charge in [-0.25, -0.2) is 0 Å². The van der Waals surface area contributed by atoms with Crippen LogP contribution >= 0.6 is 11.3 Å². The zero-order valence-corrected chi connectivity index (χ0v) is 5.89. The van der Waals surface area contributed by atoms with Gasteiger partial charge in [0.15, 0.2) is 6.10 Å². The maximum Gasteiger partial charge on any atom is 0.272 e.